The largest absolute Gasteiger partial charge is 0.361 e. The van der Waals surface area contributed by atoms with Crippen LogP contribution < -0.4 is 0 Å². The zero-order valence-corrected chi connectivity index (χ0v) is 8.96. The molecule has 0 atom stereocenters. The summed E-state index contributed by atoms with van der Waals surface area (Å²) < 4.78 is 0. The SMILES string of the molecule is N#Cc1ccc2[nH]cc(C=CCS)c2c1. The first kappa shape index (κ1) is 9.88. The van der Waals surface area contributed by atoms with Gasteiger partial charge >= 0.3 is 0 Å². The molecule has 0 fully saturated rings. The Bertz CT molecular complexity index is 546. The number of nitriles is 1. The van der Waals surface area contributed by atoms with E-state index in [2.05, 4.69) is 23.7 Å². The van der Waals surface area contributed by atoms with Crippen LogP contribution in [0.1, 0.15) is 11.1 Å². The average Bonchev–Trinajstić information content (AvgIpc) is 2.68. The van der Waals surface area contributed by atoms with E-state index in [0.29, 0.717) is 11.3 Å². The topological polar surface area (TPSA) is 39.6 Å². The zero-order chi connectivity index (χ0) is 10.7. The Morgan fingerprint density at radius 3 is 3.07 bits per heavy atom. The fraction of sp³-hybridized carbons (Fsp3) is 0.0833. The molecule has 0 aliphatic carbocycles. The Hall–Kier alpha value is -1.66. The van der Waals surface area contributed by atoms with Gasteiger partial charge in [-0.05, 0) is 23.8 Å². The molecule has 0 aliphatic rings. The molecule has 0 bridgehead atoms. The Balaban J connectivity index is 2.57. The minimum atomic E-state index is 0.683. The molecule has 74 valence electrons. The van der Waals surface area contributed by atoms with Crippen LogP contribution in [0.2, 0.25) is 0 Å². The highest BCUT2D eigenvalue weighted by Crippen LogP contribution is 2.20. The number of aromatic amines is 1. The smallest absolute Gasteiger partial charge is 0.0991 e. The van der Waals surface area contributed by atoms with Gasteiger partial charge in [0, 0.05) is 22.9 Å². The Kier molecular flexibility index (Phi) is 2.79. The third-order valence-electron chi connectivity index (χ3n) is 2.25. The van der Waals surface area contributed by atoms with Gasteiger partial charge in [0.2, 0.25) is 0 Å². The molecule has 0 saturated heterocycles. The lowest BCUT2D eigenvalue weighted by molar-refractivity contribution is 1.46. The predicted molar refractivity (Wildman–Crippen MR) is 65.9 cm³/mol. The van der Waals surface area contributed by atoms with Crippen molar-refractivity contribution in [2.45, 2.75) is 0 Å². The van der Waals surface area contributed by atoms with E-state index in [-0.39, 0.29) is 0 Å². The number of hydrogen-bond acceptors (Lipinski definition) is 2. The second-order valence-corrected chi connectivity index (χ2v) is 3.57. The summed E-state index contributed by atoms with van der Waals surface area (Å²) in [5, 5.41) is 9.89. The third-order valence-corrected chi connectivity index (χ3v) is 2.46. The van der Waals surface area contributed by atoms with E-state index in [1.807, 2.05) is 36.5 Å². The standard InChI is InChI=1S/C12H10N2S/c13-7-9-3-4-12-11(6-9)10(8-14-12)2-1-5-15/h1-4,6,8,14-15H,5H2. The normalized spacial score (nSPS) is 10.9. The number of hydrogen-bond donors (Lipinski definition) is 2. The maximum absolute atomic E-state index is 8.81. The van der Waals surface area contributed by atoms with Gasteiger partial charge in [0.1, 0.15) is 0 Å². The number of nitrogens with one attached hydrogen (secondary N) is 1. The van der Waals surface area contributed by atoms with Gasteiger partial charge < -0.3 is 4.98 Å². The molecule has 0 spiro atoms. The molecule has 1 aromatic carbocycles. The van der Waals surface area contributed by atoms with Crippen LogP contribution in [0.3, 0.4) is 0 Å². The molecule has 15 heavy (non-hydrogen) atoms. The number of H-pyrrole nitrogens is 1. The lowest BCUT2D eigenvalue weighted by atomic mass is 10.1. The molecule has 0 unspecified atom stereocenters. The summed E-state index contributed by atoms with van der Waals surface area (Å²) in [5.41, 5.74) is 2.83. The summed E-state index contributed by atoms with van der Waals surface area (Å²) >= 11 is 4.12. The van der Waals surface area contributed by atoms with Crippen molar-refractivity contribution in [2.24, 2.45) is 0 Å². The highest BCUT2D eigenvalue weighted by atomic mass is 32.1. The molecule has 0 amide bonds. The van der Waals surface area contributed by atoms with Gasteiger partial charge in [-0.15, -0.1) is 0 Å². The van der Waals surface area contributed by atoms with E-state index in [1.54, 1.807) is 0 Å². The summed E-state index contributed by atoms with van der Waals surface area (Å²) in [7, 11) is 0. The van der Waals surface area contributed by atoms with Crippen molar-refractivity contribution < 1.29 is 0 Å². The van der Waals surface area contributed by atoms with Crippen molar-refractivity contribution >= 4 is 29.6 Å². The molecule has 1 N–H and O–H groups in total. The Labute approximate surface area is 93.6 Å². The first-order valence-electron chi connectivity index (χ1n) is 4.64. The van der Waals surface area contributed by atoms with E-state index in [0.717, 1.165) is 16.5 Å². The van der Waals surface area contributed by atoms with Gasteiger partial charge in [-0.25, -0.2) is 0 Å². The fourth-order valence-electron chi connectivity index (χ4n) is 1.53. The van der Waals surface area contributed by atoms with Crippen molar-refractivity contribution in [2.75, 3.05) is 5.75 Å². The van der Waals surface area contributed by atoms with Crippen LogP contribution >= 0.6 is 12.6 Å². The molecule has 2 nitrogen and oxygen atoms in total. The Morgan fingerprint density at radius 1 is 1.47 bits per heavy atom. The molecule has 1 heterocycles. The number of nitrogens with zero attached hydrogens (tertiary/aromatic N) is 1. The molecule has 0 saturated carbocycles. The molecule has 2 rings (SSSR count). The minimum Gasteiger partial charge on any atom is -0.361 e. The van der Waals surface area contributed by atoms with E-state index in [1.165, 1.54) is 0 Å². The molecule has 1 aromatic heterocycles. The van der Waals surface area contributed by atoms with Crippen LogP contribution in [-0.4, -0.2) is 10.7 Å². The lowest BCUT2D eigenvalue weighted by Crippen LogP contribution is -1.74. The Morgan fingerprint density at radius 2 is 2.33 bits per heavy atom. The predicted octanol–water partition coefficient (Wildman–Crippen LogP) is 2.98. The third kappa shape index (κ3) is 1.90. The van der Waals surface area contributed by atoms with E-state index >= 15 is 0 Å². The van der Waals surface area contributed by atoms with E-state index in [4.69, 9.17) is 5.26 Å². The second kappa shape index (κ2) is 4.24. The number of thiol groups is 1. The zero-order valence-electron chi connectivity index (χ0n) is 8.07. The summed E-state index contributed by atoms with van der Waals surface area (Å²) in [5.74, 6) is 0.713. The van der Waals surface area contributed by atoms with Gasteiger partial charge in [0.15, 0.2) is 0 Å². The van der Waals surface area contributed by atoms with Crippen molar-refractivity contribution in [1.29, 1.82) is 5.26 Å². The number of fused-ring (bicyclic) bond motifs is 1. The molecule has 0 radical (unpaired) electrons. The lowest BCUT2D eigenvalue weighted by Gasteiger charge is -1.92. The van der Waals surface area contributed by atoms with Crippen molar-refractivity contribution in [3.63, 3.8) is 0 Å². The molecule has 2 aromatic rings. The van der Waals surface area contributed by atoms with Crippen LogP contribution in [0.5, 0.6) is 0 Å². The first-order chi connectivity index (χ1) is 7.35. The first-order valence-corrected chi connectivity index (χ1v) is 5.27. The highest BCUT2D eigenvalue weighted by molar-refractivity contribution is 7.80. The summed E-state index contributed by atoms with van der Waals surface area (Å²) in [6, 6.07) is 7.77. The van der Waals surface area contributed by atoms with Gasteiger partial charge in [-0.3, -0.25) is 0 Å². The maximum Gasteiger partial charge on any atom is 0.0991 e. The summed E-state index contributed by atoms with van der Waals surface area (Å²) in [6.45, 7) is 0. The monoisotopic (exact) mass is 214 g/mol. The minimum absolute atomic E-state index is 0.683. The van der Waals surface area contributed by atoms with Gasteiger partial charge in [0.05, 0.1) is 11.6 Å². The van der Waals surface area contributed by atoms with Crippen LogP contribution in [0, 0.1) is 11.3 Å². The number of rotatable bonds is 2. The van der Waals surface area contributed by atoms with Gasteiger partial charge in [0.25, 0.3) is 0 Å². The molecular formula is C12H10N2S. The molecule has 3 heteroatoms. The van der Waals surface area contributed by atoms with Crippen molar-refractivity contribution in [3.8, 4) is 6.07 Å². The average molecular weight is 214 g/mol. The van der Waals surface area contributed by atoms with Crippen molar-refractivity contribution in [1.82, 2.24) is 4.98 Å². The van der Waals surface area contributed by atoms with E-state index in [9.17, 15) is 0 Å². The summed E-state index contributed by atoms with van der Waals surface area (Å²) in [6.07, 6.45) is 5.92. The highest BCUT2D eigenvalue weighted by Gasteiger charge is 2.01. The van der Waals surface area contributed by atoms with Gasteiger partial charge in [-0.1, -0.05) is 12.2 Å². The molecular weight excluding hydrogens is 204 g/mol. The maximum atomic E-state index is 8.81. The summed E-state index contributed by atoms with van der Waals surface area (Å²) in [4.78, 5) is 3.16. The quantitative estimate of drug-likeness (QED) is 0.741. The van der Waals surface area contributed by atoms with Crippen LogP contribution in [-0.2, 0) is 0 Å². The molecule has 0 aliphatic heterocycles. The van der Waals surface area contributed by atoms with Crippen molar-refractivity contribution in [3.05, 3.63) is 41.6 Å². The van der Waals surface area contributed by atoms with Crippen LogP contribution in [0.15, 0.2) is 30.5 Å². The fourth-order valence-corrected chi connectivity index (χ4v) is 1.63. The number of aromatic nitrogens is 1. The van der Waals surface area contributed by atoms with E-state index < -0.39 is 0 Å². The number of benzene rings is 1. The van der Waals surface area contributed by atoms with Crippen LogP contribution in [0.4, 0.5) is 0 Å². The van der Waals surface area contributed by atoms with Gasteiger partial charge in [-0.2, -0.15) is 17.9 Å². The second-order valence-electron chi connectivity index (χ2n) is 3.20. The van der Waals surface area contributed by atoms with Crippen LogP contribution in [0.25, 0.3) is 17.0 Å².